The van der Waals surface area contributed by atoms with Crippen molar-refractivity contribution in [2.45, 2.75) is 6.54 Å². The number of aromatic nitrogens is 2. The summed E-state index contributed by atoms with van der Waals surface area (Å²) in [5.74, 6) is -2.79. The van der Waals surface area contributed by atoms with Crippen molar-refractivity contribution < 1.29 is 18.0 Å². The number of rotatable bonds is 5. The summed E-state index contributed by atoms with van der Waals surface area (Å²) in [6.45, 7) is -0.0276. The first-order valence-corrected chi connectivity index (χ1v) is 7.60. The molecule has 0 fully saturated rings. The summed E-state index contributed by atoms with van der Waals surface area (Å²) in [6, 6.07) is 10.8. The van der Waals surface area contributed by atoms with Crippen LogP contribution in [-0.4, -0.2) is 15.9 Å². The Bertz CT molecular complexity index is 929. The monoisotopic (exact) mass is 358 g/mol. The van der Waals surface area contributed by atoms with E-state index in [1.807, 2.05) is 0 Å². The fourth-order valence-electron chi connectivity index (χ4n) is 2.18. The number of amides is 1. The van der Waals surface area contributed by atoms with E-state index in [1.54, 1.807) is 18.2 Å². The van der Waals surface area contributed by atoms with Gasteiger partial charge >= 0.3 is 0 Å². The maximum absolute atomic E-state index is 13.7. The van der Waals surface area contributed by atoms with E-state index in [2.05, 4.69) is 20.6 Å². The summed E-state index contributed by atoms with van der Waals surface area (Å²) in [7, 11) is 0. The molecule has 1 heterocycles. The van der Waals surface area contributed by atoms with Crippen molar-refractivity contribution in [1.29, 1.82) is 0 Å². The average Bonchev–Trinajstić information content (AvgIpc) is 2.64. The fraction of sp³-hybridized carbons (Fsp3) is 0.0556. The summed E-state index contributed by atoms with van der Waals surface area (Å²) in [5, 5.41) is 4.93. The third kappa shape index (κ3) is 3.97. The maximum Gasteiger partial charge on any atom is 0.270 e. The van der Waals surface area contributed by atoms with Crippen molar-refractivity contribution in [3.05, 3.63) is 83.4 Å². The molecule has 0 unspecified atom stereocenters. The highest BCUT2D eigenvalue weighted by molar-refractivity contribution is 5.92. The van der Waals surface area contributed by atoms with E-state index in [0.717, 1.165) is 12.1 Å². The van der Waals surface area contributed by atoms with Crippen LogP contribution < -0.4 is 10.6 Å². The third-order valence-electron chi connectivity index (χ3n) is 3.49. The number of nitrogens with one attached hydrogen (secondary N) is 2. The highest BCUT2D eigenvalue weighted by Crippen LogP contribution is 2.21. The Hall–Kier alpha value is -3.42. The summed E-state index contributed by atoms with van der Waals surface area (Å²) in [5.41, 5.74) is -0.131. The second kappa shape index (κ2) is 7.64. The Kier molecular flexibility index (Phi) is 5.12. The first kappa shape index (κ1) is 17.4. The summed E-state index contributed by atoms with van der Waals surface area (Å²) in [6.07, 6.45) is 1.27. The van der Waals surface area contributed by atoms with Crippen molar-refractivity contribution in [3.8, 4) is 0 Å². The Morgan fingerprint density at radius 1 is 0.923 bits per heavy atom. The van der Waals surface area contributed by atoms with Crippen LogP contribution in [0.25, 0.3) is 0 Å². The van der Waals surface area contributed by atoms with Gasteiger partial charge in [0.25, 0.3) is 5.91 Å². The van der Waals surface area contributed by atoms with Crippen LogP contribution in [0.15, 0.2) is 54.7 Å². The zero-order valence-corrected chi connectivity index (χ0v) is 13.3. The molecule has 5 nitrogen and oxygen atoms in total. The number of benzene rings is 2. The molecule has 0 aliphatic rings. The lowest BCUT2D eigenvalue weighted by Crippen LogP contribution is -2.24. The van der Waals surface area contributed by atoms with Gasteiger partial charge in [0.2, 0.25) is 5.95 Å². The number of carbonyl (C=O) groups excluding carboxylic acids is 1. The van der Waals surface area contributed by atoms with Crippen LogP contribution in [0.3, 0.4) is 0 Å². The molecule has 0 saturated carbocycles. The van der Waals surface area contributed by atoms with Gasteiger partial charge in [-0.15, -0.1) is 0 Å². The van der Waals surface area contributed by atoms with Gasteiger partial charge in [-0.3, -0.25) is 4.79 Å². The first-order chi connectivity index (χ1) is 12.5. The van der Waals surface area contributed by atoms with Gasteiger partial charge in [0.05, 0.1) is 0 Å². The van der Waals surface area contributed by atoms with Crippen LogP contribution in [0.5, 0.6) is 0 Å². The molecule has 0 aliphatic heterocycles. The normalized spacial score (nSPS) is 10.4. The minimum Gasteiger partial charge on any atom is -0.347 e. The quantitative estimate of drug-likeness (QED) is 0.732. The van der Waals surface area contributed by atoms with E-state index in [1.165, 1.54) is 24.4 Å². The fourth-order valence-corrected chi connectivity index (χ4v) is 2.18. The molecule has 2 aromatic carbocycles. The standard InChI is InChI=1S/C18H13F3N4O/c19-12-5-2-1-4-11(12)10-23-17(26)15-8-9-22-18(24-15)25-16-13(20)6-3-7-14(16)21/h1-9H,10H2,(H,23,26)(H,22,24,25). The van der Waals surface area contributed by atoms with Gasteiger partial charge in [-0.1, -0.05) is 24.3 Å². The Morgan fingerprint density at radius 3 is 2.35 bits per heavy atom. The van der Waals surface area contributed by atoms with E-state index >= 15 is 0 Å². The zero-order chi connectivity index (χ0) is 18.5. The minimum atomic E-state index is -0.817. The molecule has 0 spiro atoms. The molecule has 2 N–H and O–H groups in total. The third-order valence-corrected chi connectivity index (χ3v) is 3.49. The van der Waals surface area contributed by atoms with Crippen molar-refractivity contribution >= 4 is 17.5 Å². The highest BCUT2D eigenvalue weighted by atomic mass is 19.1. The summed E-state index contributed by atoms with van der Waals surface area (Å²) in [4.78, 5) is 19.9. The average molecular weight is 358 g/mol. The lowest BCUT2D eigenvalue weighted by atomic mass is 10.2. The second-order valence-corrected chi connectivity index (χ2v) is 5.26. The number of hydrogen-bond donors (Lipinski definition) is 2. The Balaban J connectivity index is 1.72. The van der Waals surface area contributed by atoms with Crippen LogP contribution >= 0.6 is 0 Å². The van der Waals surface area contributed by atoms with Crippen molar-refractivity contribution in [2.24, 2.45) is 0 Å². The molecule has 8 heteroatoms. The van der Waals surface area contributed by atoms with Crippen molar-refractivity contribution in [3.63, 3.8) is 0 Å². The van der Waals surface area contributed by atoms with Gasteiger partial charge in [-0.05, 0) is 24.3 Å². The van der Waals surface area contributed by atoms with Crippen LogP contribution in [-0.2, 0) is 6.54 Å². The lowest BCUT2D eigenvalue weighted by molar-refractivity contribution is 0.0945. The highest BCUT2D eigenvalue weighted by Gasteiger charge is 2.13. The number of para-hydroxylation sites is 1. The van der Waals surface area contributed by atoms with Gasteiger partial charge in [0.15, 0.2) is 0 Å². The molecule has 3 rings (SSSR count). The van der Waals surface area contributed by atoms with Crippen LogP contribution in [0, 0.1) is 17.5 Å². The number of halogens is 3. The topological polar surface area (TPSA) is 66.9 Å². The number of carbonyl (C=O) groups is 1. The molecule has 0 aliphatic carbocycles. The number of anilines is 2. The van der Waals surface area contributed by atoms with Gasteiger partial charge in [0.1, 0.15) is 28.8 Å². The second-order valence-electron chi connectivity index (χ2n) is 5.26. The molecule has 1 aromatic heterocycles. The van der Waals surface area contributed by atoms with Gasteiger partial charge in [0, 0.05) is 18.3 Å². The summed E-state index contributed by atoms with van der Waals surface area (Å²) >= 11 is 0. The summed E-state index contributed by atoms with van der Waals surface area (Å²) < 4.78 is 40.9. The SMILES string of the molecule is O=C(NCc1ccccc1F)c1ccnc(Nc2c(F)cccc2F)n1. The molecular weight excluding hydrogens is 345 g/mol. The number of nitrogens with zero attached hydrogens (tertiary/aromatic N) is 2. The zero-order valence-electron chi connectivity index (χ0n) is 13.3. The molecule has 3 aromatic rings. The van der Waals surface area contributed by atoms with Crippen LogP contribution in [0.1, 0.15) is 16.1 Å². The molecule has 0 saturated heterocycles. The largest absolute Gasteiger partial charge is 0.347 e. The van der Waals surface area contributed by atoms with Gasteiger partial charge in [-0.2, -0.15) is 0 Å². The van der Waals surface area contributed by atoms with E-state index in [9.17, 15) is 18.0 Å². The Morgan fingerprint density at radius 2 is 1.62 bits per heavy atom. The molecule has 26 heavy (non-hydrogen) atoms. The van der Waals surface area contributed by atoms with E-state index in [4.69, 9.17) is 0 Å². The molecule has 0 bridgehead atoms. The smallest absolute Gasteiger partial charge is 0.270 e. The predicted octanol–water partition coefficient (Wildman–Crippen LogP) is 3.57. The first-order valence-electron chi connectivity index (χ1n) is 7.60. The van der Waals surface area contributed by atoms with Crippen molar-refractivity contribution in [2.75, 3.05) is 5.32 Å². The van der Waals surface area contributed by atoms with Crippen molar-refractivity contribution in [1.82, 2.24) is 15.3 Å². The Labute approximate surface area is 146 Å². The molecule has 0 atom stereocenters. The van der Waals surface area contributed by atoms with E-state index in [0.29, 0.717) is 5.56 Å². The lowest BCUT2D eigenvalue weighted by Gasteiger charge is -2.09. The van der Waals surface area contributed by atoms with E-state index < -0.39 is 29.0 Å². The molecule has 0 radical (unpaired) electrons. The van der Waals surface area contributed by atoms with Gasteiger partial charge < -0.3 is 10.6 Å². The number of hydrogen-bond acceptors (Lipinski definition) is 4. The molecular formula is C18H13F3N4O. The minimum absolute atomic E-state index is 0.0276. The molecule has 132 valence electrons. The maximum atomic E-state index is 13.7. The van der Waals surface area contributed by atoms with E-state index in [-0.39, 0.29) is 18.2 Å². The van der Waals surface area contributed by atoms with Crippen LogP contribution in [0.4, 0.5) is 24.8 Å². The van der Waals surface area contributed by atoms with Gasteiger partial charge in [-0.25, -0.2) is 23.1 Å². The van der Waals surface area contributed by atoms with Crippen LogP contribution in [0.2, 0.25) is 0 Å². The predicted molar refractivity (Wildman–Crippen MR) is 89.2 cm³/mol. The molecule has 1 amide bonds.